The summed E-state index contributed by atoms with van der Waals surface area (Å²) >= 11 is 0. The van der Waals surface area contributed by atoms with E-state index in [1.165, 1.54) is 15.3 Å². The Morgan fingerprint density at radius 1 is 1.16 bits per heavy atom. The summed E-state index contributed by atoms with van der Waals surface area (Å²) in [6, 6.07) is 7.55. The van der Waals surface area contributed by atoms with Crippen molar-refractivity contribution in [1.82, 2.24) is 23.9 Å². The second-order valence-electron chi connectivity index (χ2n) is 6.03. The highest BCUT2D eigenvalue weighted by molar-refractivity contribution is 5.24. The third-order valence-electron chi connectivity index (χ3n) is 4.35. The van der Waals surface area contributed by atoms with Gasteiger partial charge in [0, 0.05) is 31.0 Å². The Labute approximate surface area is 142 Å². The summed E-state index contributed by atoms with van der Waals surface area (Å²) in [5, 5.41) is 13.3. The monoisotopic (exact) mass is 334 g/mol. The maximum Gasteiger partial charge on any atom is 0.317 e. The van der Waals surface area contributed by atoms with Gasteiger partial charge in [0.2, 0.25) is 0 Å². The van der Waals surface area contributed by atoms with Gasteiger partial charge in [0.15, 0.2) is 5.82 Å². The molecule has 124 valence electrons. The first kappa shape index (κ1) is 15.1. The van der Waals surface area contributed by atoms with E-state index in [9.17, 15) is 14.9 Å². The molecule has 8 nitrogen and oxygen atoms in total. The summed E-state index contributed by atoms with van der Waals surface area (Å²) in [5.41, 5.74) is -1.35. The molecule has 4 rings (SSSR count). The Morgan fingerprint density at radius 3 is 2.60 bits per heavy atom. The molecule has 1 aliphatic rings. The highest BCUT2D eigenvalue weighted by Crippen LogP contribution is 2.41. The predicted octanol–water partition coefficient (Wildman–Crippen LogP) is 0.652. The molecule has 0 saturated heterocycles. The normalized spacial score (nSPS) is 14.8. The van der Waals surface area contributed by atoms with E-state index in [1.807, 2.05) is 6.07 Å². The van der Waals surface area contributed by atoms with Crippen LogP contribution in [0.1, 0.15) is 18.4 Å². The number of nitrogens with zero attached hydrogens (tertiary/aromatic N) is 6. The van der Waals surface area contributed by atoms with Gasteiger partial charge in [-0.1, -0.05) is 6.07 Å². The lowest BCUT2D eigenvalue weighted by molar-refractivity contribution is 0.557. The summed E-state index contributed by atoms with van der Waals surface area (Å²) in [7, 11) is 0. The second kappa shape index (κ2) is 5.56. The van der Waals surface area contributed by atoms with Crippen molar-refractivity contribution in [1.29, 1.82) is 5.26 Å². The minimum atomic E-state index is -0.831. The molecule has 1 fully saturated rings. The summed E-state index contributed by atoms with van der Waals surface area (Å²) in [4.78, 5) is 28.9. The zero-order valence-corrected chi connectivity index (χ0v) is 13.2. The number of nitriles is 1. The fourth-order valence-corrected chi connectivity index (χ4v) is 2.74. The highest BCUT2D eigenvalue weighted by Gasteiger charge is 2.46. The number of rotatable bonds is 4. The molecule has 0 amide bonds. The molecule has 1 saturated carbocycles. The molecule has 8 heteroatoms. The van der Waals surface area contributed by atoms with Crippen molar-refractivity contribution in [3.05, 3.63) is 75.5 Å². The summed E-state index contributed by atoms with van der Waals surface area (Å²) in [5.74, 6) is 0.668. The quantitative estimate of drug-likeness (QED) is 0.653. The zero-order valence-electron chi connectivity index (χ0n) is 13.2. The van der Waals surface area contributed by atoms with Gasteiger partial charge in [-0.15, -0.1) is 0 Å². The summed E-state index contributed by atoms with van der Waals surface area (Å²) in [6.07, 6.45) is 9.37. The molecule has 1 aliphatic carbocycles. The van der Waals surface area contributed by atoms with Crippen LogP contribution in [0.3, 0.4) is 0 Å². The molecule has 0 spiro atoms. The van der Waals surface area contributed by atoms with E-state index >= 15 is 0 Å². The number of aromatic nitrogens is 5. The van der Waals surface area contributed by atoms with Crippen LogP contribution in [0.4, 0.5) is 0 Å². The van der Waals surface area contributed by atoms with Crippen LogP contribution in [0.15, 0.2) is 58.8 Å². The SMILES string of the molecule is N#CC1(n2ccn(Cc3ccc(-n4cccn4)nc3)c(=O)c2=O)CC1. The third kappa shape index (κ3) is 2.55. The van der Waals surface area contributed by atoms with Gasteiger partial charge < -0.3 is 4.57 Å². The number of hydrogen-bond donors (Lipinski definition) is 0. The van der Waals surface area contributed by atoms with Gasteiger partial charge in [-0.05, 0) is 30.5 Å². The molecule has 0 atom stereocenters. The molecule has 3 heterocycles. The Balaban J connectivity index is 1.61. The van der Waals surface area contributed by atoms with Crippen LogP contribution in [0.5, 0.6) is 0 Å². The van der Waals surface area contributed by atoms with E-state index in [1.54, 1.807) is 41.6 Å². The second-order valence-corrected chi connectivity index (χ2v) is 6.03. The fourth-order valence-electron chi connectivity index (χ4n) is 2.74. The minimum Gasteiger partial charge on any atom is -0.305 e. The van der Waals surface area contributed by atoms with Gasteiger partial charge in [-0.25, -0.2) is 9.67 Å². The van der Waals surface area contributed by atoms with Gasteiger partial charge >= 0.3 is 11.1 Å². The summed E-state index contributed by atoms with van der Waals surface area (Å²) in [6.45, 7) is 0.237. The standard InChI is InChI=1S/C17H14N6O2/c18-12-17(4-5-17)22-9-8-21(15(24)16(22)25)11-13-2-3-14(19-10-13)23-7-1-6-20-23/h1-3,6-10H,4-5,11H2. The van der Waals surface area contributed by atoms with Gasteiger partial charge in [-0.2, -0.15) is 10.4 Å². The van der Waals surface area contributed by atoms with Crippen molar-refractivity contribution in [2.75, 3.05) is 0 Å². The molecule has 3 aromatic heterocycles. The van der Waals surface area contributed by atoms with Crippen LogP contribution in [0, 0.1) is 11.3 Å². The maximum atomic E-state index is 12.3. The van der Waals surface area contributed by atoms with Crippen molar-refractivity contribution in [3.63, 3.8) is 0 Å². The number of hydrogen-bond acceptors (Lipinski definition) is 5. The van der Waals surface area contributed by atoms with E-state index in [2.05, 4.69) is 16.2 Å². The topological polar surface area (TPSA) is 98.5 Å². The van der Waals surface area contributed by atoms with Crippen LogP contribution in [0.2, 0.25) is 0 Å². The van der Waals surface area contributed by atoms with Gasteiger partial charge in [0.25, 0.3) is 0 Å². The fraction of sp³-hybridized carbons (Fsp3) is 0.235. The Bertz CT molecular complexity index is 1070. The Morgan fingerprint density at radius 2 is 2.00 bits per heavy atom. The lowest BCUT2D eigenvalue weighted by atomic mass is 10.2. The molecule has 0 aliphatic heterocycles. The average Bonchev–Trinajstić information content (AvgIpc) is 3.23. The molecule has 0 N–H and O–H groups in total. The molecule has 0 bridgehead atoms. The summed E-state index contributed by atoms with van der Waals surface area (Å²) < 4.78 is 4.22. The van der Waals surface area contributed by atoms with E-state index in [4.69, 9.17) is 0 Å². The lowest BCUT2D eigenvalue weighted by Gasteiger charge is -2.12. The smallest absolute Gasteiger partial charge is 0.305 e. The van der Waals surface area contributed by atoms with Crippen molar-refractivity contribution in [2.45, 2.75) is 24.9 Å². The molecule has 0 unspecified atom stereocenters. The van der Waals surface area contributed by atoms with E-state index in [0.29, 0.717) is 18.7 Å². The van der Waals surface area contributed by atoms with Crippen LogP contribution < -0.4 is 11.1 Å². The van der Waals surface area contributed by atoms with Crippen molar-refractivity contribution in [3.8, 4) is 11.9 Å². The van der Waals surface area contributed by atoms with Gasteiger partial charge in [0.05, 0.1) is 12.6 Å². The van der Waals surface area contributed by atoms with Crippen molar-refractivity contribution >= 4 is 0 Å². The number of pyridine rings is 1. The molecular weight excluding hydrogens is 320 g/mol. The highest BCUT2D eigenvalue weighted by atomic mass is 16.2. The predicted molar refractivity (Wildman–Crippen MR) is 88.2 cm³/mol. The maximum absolute atomic E-state index is 12.3. The zero-order chi connectivity index (χ0) is 17.4. The minimum absolute atomic E-state index is 0.237. The molecule has 0 radical (unpaired) electrons. The van der Waals surface area contributed by atoms with Crippen LogP contribution in [-0.4, -0.2) is 23.9 Å². The van der Waals surface area contributed by atoms with Crippen molar-refractivity contribution in [2.24, 2.45) is 0 Å². The largest absolute Gasteiger partial charge is 0.317 e. The Kier molecular flexibility index (Phi) is 3.35. The average molecular weight is 334 g/mol. The van der Waals surface area contributed by atoms with Crippen LogP contribution in [0.25, 0.3) is 5.82 Å². The first-order valence-corrected chi connectivity index (χ1v) is 7.82. The van der Waals surface area contributed by atoms with E-state index in [0.717, 1.165) is 5.56 Å². The van der Waals surface area contributed by atoms with Crippen LogP contribution in [-0.2, 0) is 12.1 Å². The first-order valence-electron chi connectivity index (χ1n) is 7.82. The van der Waals surface area contributed by atoms with E-state index in [-0.39, 0.29) is 6.54 Å². The van der Waals surface area contributed by atoms with Crippen molar-refractivity contribution < 1.29 is 0 Å². The molecule has 25 heavy (non-hydrogen) atoms. The third-order valence-corrected chi connectivity index (χ3v) is 4.35. The lowest BCUT2D eigenvalue weighted by Crippen LogP contribution is -2.44. The Hall–Kier alpha value is -3.47. The van der Waals surface area contributed by atoms with Gasteiger partial charge in [0.1, 0.15) is 5.54 Å². The van der Waals surface area contributed by atoms with Gasteiger partial charge in [-0.3, -0.25) is 14.2 Å². The molecular formula is C17H14N6O2. The first-order chi connectivity index (χ1) is 12.1. The molecule has 0 aromatic carbocycles. The molecule has 3 aromatic rings. The van der Waals surface area contributed by atoms with Crippen LogP contribution >= 0.6 is 0 Å². The van der Waals surface area contributed by atoms with E-state index < -0.39 is 16.7 Å².